The zero-order valence-corrected chi connectivity index (χ0v) is 27.3. The lowest BCUT2D eigenvalue weighted by molar-refractivity contribution is 0.673. The van der Waals surface area contributed by atoms with Gasteiger partial charge in [0.25, 0.3) is 0 Å². The molecule has 0 unspecified atom stereocenters. The molecule has 0 aliphatic carbocycles. The number of benzene rings is 8. The van der Waals surface area contributed by atoms with Crippen molar-refractivity contribution in [3.8, 4) is 22.3 Å². The fraction of sp³-hybridized carbons (Fsp3) is 0. The highest BCUT2D eigenvalue weighted by Gasteiger charge is 2.22. The summed E-state index contributed by atoms with van der Waals surface area (Å²) in [5, 5.41) is 7.15. The minimum atomic E-state index is 0.921. The smallest absolute Gasteiger partial charge is 0.144 e. The van der Waals surface area contributed by atoms with Crippen LogP contribution in [0.3, 0.4) is 0 Å². The molecule has 0 saturated heterocycles. The monoisotopic (exact) mass is 643 g/mol. The number of thiophene rings is 1. The van der Waals surface area contributed by atoms with Crippen LogP contribution >= 0.6 is 11.3 Å². The summed E-state index contributed by atoms with van der Waals surface area (Å²) in [5.41, 5.74) is 10.1. The van der Waals surface area contributed by atoms with E-state index in [1.54, 1.807) is 0 Å². The van der Waals surface area contributed by atoms with Crippen molar-refractivity contribution in [3.63, 3.8) is 0 Å². The first kappa shape index (κ1) is 27.9. The van der Waals surface area contributed by atoms with Crippen molar-refractivity contribution in [2.45, 2.75) is 0 Å². The van der Waals surface area contributed by atoms with Crippen LogP contribution in [0.25, 0.3) is 75.1 Å². The molecule has 3 heteroatoms. The normalized spacial score (nSPS) is 11.7. The molecule has 2 nitrogen and oxygen atoms in total. The van der Waals surface area contributed by atoms with E-state index in [0.717, 1.165) is 33.6 Å². The number of furan rings is 1. The lowest BCUT2D eigenvalue weighted by atomic mass is 9.94. The third-order valence-corrected chi connectivity index (χ3v) is 10.8. The van der Waals surface area contributed by atoms with E-state index in [4.69, 9.17) is 4.42 Å². The Morgan fingerprint density at radius 3 is 1.86 bits per heavy atom. The standard InChI is InChI=1S/C46H29NOS/c1-3-12-30(13-4-1)35-17-9-10-18-36(35)32-22-25-34(26-23-32)47(33-15-5-2-6-16-33)39-20-11-21-41-44(39)45-42(49-41)29-27-38-43-37-19-8-7-14-31(37)24-28-40(43)48-46(38)45/h1-29H. The van der Waals surface area contributed by atoms with Gasteiger partial charge in [-0.3, -0.25) is 0 Å². The van der Waals surface area contributed by atoms with Gasteiger partial charge in [-0.2, -0.15) is 0 Å². The van der Waals surface area contributed by atoms with Gasteiger partial charge in [-0.15, -0.1) is 11.3 Å². The Hall–Kier alpha value is -6.16. The molecular weight excluding hydrogens is 615 g/mol. The highest BCUT2D eigenvalue weighted by molar-refractivity contribution is 7.26. The summed E-state index contributed by atoms with van der Waals surface area (Å²) in [6, 6.07) is 63.0. The third kappa shape index (κ3) is 4.47. The van der Waals surface area contributed by atoms with Crippen molar-refractivity contribution in [1.29, 1.82) is 0 Å². The fourth-order valence-corrected chi connectivity index (χ4v) is 8.60. The predicted molar refractivity (Wildman–Crippen MR) is 210 cm³/mol. The average Bonchev–Trinajstić information content (AvgIpc) is 3.75. The molecule has 2 heterocycles. The Labute approximate surface area is 287 Å². The number of rotatable bonds is 5. The molecule has 8 aromatic carbocycles. The van der Waals surface area contributed by atoms with Crippen LogP contribution in [-0.4, -0.2) is 0 Å². The van der Waals surface area contributed by atoms with Crippen molar-refractivity contribution < 1.29 is 4.42 Å². The number of hydrogen-bond acceptors (Lipinski definition) is 3. The van der Waals surface area contributed by atoms with E-state index in [1.807, 2.05) is 11.3 Å². The van der Waals surface area contributed by atoms with Gasteiger partial charge >= 0.3 is 0 Å². The molecule has 0 bridgehead atoms. The Balaban J connectivity index is 1.19. The van der Waals surface area contributed by atoms with Gasteiger partial charge in [0.1, 0.15) is 11.2 Å². The minimum Gasteiger partial charge on any atom is -0.455 e. The number of para-hydroxylation sites is 1. The highest BCUT2D eigenvalue weighted by atomic mass is 32.1. The second kappa shape index (κ2) is 11.2. The summed E-state index contributed by atoms with van der Waals surface area (Å²) in [6.45, 7) is 0. The molecule has 0 saturated carbocycles. The van der Waals surface area contributed by atoms with Crippen molar-refractivity contribution in [2.75, 3.05) is 4.90 Å². The SMILES string of the molecule is c1ccc(-c2ccccc2-c2ccc(N(c3ccccc3)c3cccc4sc5ccc6c(oc7ccc8ccccc8c76)c5c34)cc2)cc1. The minimum absolute atomic E-state index is 0.921. The van der Waals surface area contributed by atoms with Crippen LogP contribution in [0.5, 0.6) is 0 Å². The van der Waals surface area contributed by atoms with Crippen LogP contribution in [0, 0.1) is 0 Å². The number of hydrogen-bond donors (Lipinski definition) is 0. The van der Waals surface area contributed by atoms with E-state index < -0.39 is 0 Å². The molecule has 0 radical (unpaired) electrons. The molecule has 0 N–H and O–H groups in total. The molecule has 10 aromatic rings. The van der Waals surface area contributed by atoms with Crippen LogP contribution in [0.15, 0.2) is 180 Å². The van der Waals surface area contributed by atoms with Gasteiger partial charge in [0, 0.05) is 42.3 Å². The van der Waals surface area contributed by atoms with E-state index >= 15 is 0 Å². The molecule has 0 aliphatic rings. The van der Waals surface area contributed by atoms with Gasteiger partial charge in [-0.05, 0) is 87.6 Å². The summed E-state index contributed by atoms with van der Waals surface area (Å²) in [4.78, 5) is 2.39. The van der Waals surface area contributed by atoms with Crippen molar-refractivity contribution in [1.82, 2.24) is 0 Å². The molecule has 2 aromatic heterocycles. The van der Waals surface area contributed by atoms with Gasteiger partial charge in [0.05, 0.1) is 5.69 Å². The first-order valence-electron chi connectivity index (χ1n) is 16.6. The molecule has 0 spiro atoms. The summed E-state index contributed by atoms with van der Waals surface area (Å²) < 4.78 is 9.24. The van der Waals surface area contributed by atoms with Crippen molar-refractivity contribution >= 4 is 81.3 Å². The van der Waals surface area contributed by atoms with Gasteiger partial charge < -0.3 is 9.32 Å². The lowest BCUT2D eigenvalue weighted by Gasteiger charge is -2.26. The highest BCUT2D eigenvalue weighted by Crippen LogP contribution is 2.49. The number of nitrogens with zero attached hydrogens (tertiary/aromatic N) is 1. The average molecular weight is 644 g/mol. The van der Waals surface area contributed by atoms with Crippen LogP contribution in [0.1, 0.15) is 0 Å². The summed E-state index contributed by atoms with van der Waals surface area (Å²) >= 11 is 1.82. The van der Waals surface area contributed by atoms with Gasteiger partial charge in [0.2, 0.25) is 0 Å². The van der Waals surface area contributed by atoms with Crippen LogP contribution in [0.4, 0.5) is 17.1 Å². The molecule has 49 heavy (non-hydrogen) atoms. The summed E-state index contributed by atoms with van der Waals surface area (Å²) in [7, 11) is 0. The zero-order chi connectivity index (χ0) is 32.3. The second-order valence-electron chi connectivity index (χ2n) is 12.5. The topological polar surface area (TPSA) is 16.4 Å². The van der Waals surface area contributed by atoms with Gasteiger partial charge in [0.15, 0.2) is 0 Å². The van der Waals surface area contributed by atoms with E-state index in [-0.39, 0.29) is 0 Å². The van der Waals surface area contributed by atoms with E-state index in [0.29, 0.717) is 0 Å². The second-order valence-corrected chi connectivity index (χ2v) is 13.5. The predicted octanol–water partition coefficient (Wildman–Crippen LogP) is 13.9. The Morgan fingerprint density at radius 1 is 0.408 bits per heavy atom. The van der Waals surface area contributed by atoms with Gasteiger partial charge in [-0.1, -0.05) is 121 Å². The molecule has 10 rings (SSSR count). The summed E-state index contributed by atoms with van der Waals surface area (Å²) in [6.07, 6.45) is 0. The molecule has 230 valence electrons. The largest absolute Gasteiger partial charge is 0.455 e. The maximum atomic E-state index is 6.79. The maximum Gasteiger partial charge on any atom is 0.144 e. The molecule has 0 amide bonds. The third-order valence-electron chi connectivity index (χ3n) is 9.67. The van der Waals surface area contributed by atoms with Crippen LogP contribution < -0.4 is 4.90 Å². The first-order valence-corrected chi connectivity index (χ1v) is 17.4. The molecule has 0 atom stereocenters. The van der Waals surface area contributed by atoms with Crippen LogP contribution in [0.2, 0.25) is 0 Å². The van der Waals surface area contributed by atoms with Crippen LogP contribution in [-0.2, 0) is 0 Å². The summed E-state index contributed by atoms with van der Waals surface area (Å²) in [5.74, 6) is 0. The number of fused-ring (bicyclic) bond motifs is 9. The quantitative estimate of drug-likeness (QED) is 0.186. The maximum absolute atomic E-state index is 6.79. The first-order chi connectivity index (χ1) is 24.3. The fourth-order valence-electron chi connectivity index (χ4n) is 7.47. The Morgan fingerprint density at radius 2 is 1.06 bits per heavy atom. The molecule has 0 aliphatic heterocycles. The lowest BCUT2D eigenvalue weighted by Crippen LogP contribution is -2.10. The Bertz CT molecular complexity index is 2810. The van der Waals surface area contributed by atoms with E-state index in [2.05, 4.69) is 181 Å². The molecule has 0 fully saturated rings. The van der Waals surface area contributed by atoms with Crippen molar-refractivity contribution in [3.05, 3.63) is 176 Å². The Kier molecular flexibility index (Phi) is 6.39. The molecular formula is C46H29NOS. The number of anilines is 3. The van der Waals surface area contributed by atoms with E-state index in [1.165, 1.54) is 58.6 Å². The zero-order valence-electron chi connectivity index (χ0n) is 26.5. The van der Waals surface area contributed by atoms with Crippen molar-refractivity contribution in [2.24, 2.45) is 0 Å². The van der Waals surface area contributed by atoms with E-state index in [9.17, 15) is 0 Å². The van der Waals surface area contributed by atoms with Gasteiger partial charge in [-0.25, -0.2) is 0 Å².